The van der Waals surface area contributed by atoms with Crippen LogP contribution >= 0.6 is 35.0 Å². The molecule has 1 N–H and O–H groups in total. The molecule has 0 saturated carbocycles. The summed E-state index contributed by atoms with van der Waals surface area (Å²) in [5.74, 6) is 0.639. The van der Waals surface area contributed by atoms with Crippen molar-refractivity contribution in [2.45, 2.75) is 12.7 Å². The first kappa shape index (κ1) is 24.0. The minimum atomic E-state index is -0.642. The van der Waals surface area contributed by atoms with Crippen LogP contribution in [0.3, 0.4) is 0 Å². The molecule has 32 heavy (non-hydrogen) atoms. The maximum atomic E-state index is 12.9. The van der Waals surface area contributed by atoms with Gasteiger partial charge in [-0.15, -0.1) is 11.8 Å². The van der Waals surface area contributed by atoms with Gasteiger partial charge in [0.05, 0.1) is 22.3 Å². The van der Waals surface area contributed by atoms with Gasteiger partial charge in [-0.1, -0.05) is 29.3 Å². The predicted molar refractivity (Wildman–Crippen MR) is 130 cm³/mol. The second-order valence-electron chi connectivity index (χ2n) is 6.79. The number of aromatic hydroxyl groups is 1. The van der Waals surface area contributed by atoms with E-state index in [1.807, 2.05) is 13.0 Å². The van der Waals surface area contributed by atoms with Crippen LogP contribution in [0.5, 0.6) is 11.6 Å². The van der Waals surface area contributed by atoms with Gasteiger partial charge in [-0.05, 0) is 48.9 Å². The summed E-state index contributed by atoms with van der Waals surface area (Å²) in [7, 11) is 2.74. The highest BCUT2D eigenvalue weighted by atomic mass is 35.5. The Labute approximate surface area is 198 Å². The van der Waals surface area contributed by atoms with Gasteiger partial charge >= 0.3 is 5.69 Å². The van der Waals surface area contributed by atoms with Crippen molar-refractivity contribution in [1.82, 2.24) is 9.13 Å². The minimum Gasteiger partial charge on any atom is -0.494 e. The topological polar surface area (TPSA) is 85.8 Å². The van der Waals surface area contributed by atoms with Crippen molar-refractivity contribution in [3.05, 3.63) is 84.5 Å². The maximum absolute atomic E-state index is 12.9. The Morgan fingerprint density at radius 1 is 1.06 bits per heavy atom. The number of rotatable bonds is 6. The van der Waals surface area contributed by atoms with Crippen molar-refractivity contribution in [3.63, 3.8) is 0 Å². The second kappa shape index (κ2) is 10.3. The molecule has 1 heterocycles. The molecule has 0 fully saturated rings. The van der Waals surface area contributed by atoms with Crippen molar-refractivity contribution in [2.24, 2.45) is 19.1 Å². The predicted octanol–water partition coefficient (Wildman–Crippen LogP) is 4.51. The molecule has 0 amide bonds. The van der Waals surface area contributed by atoms with Gasteiger partial charge in [-0.3, -0.25) is 13.9 Å². The lowest BCUT2D eigenvalue weighted by Crippen LogP contribution is -2.39. The first-order valence-corrected chi connectivity index (χ1v) is 11.3. The average molecular weight is 494 g/mol. The Bertz CT molecular complexity index is 1280. The molecule has 0 bridgehead atoms. The number of halogens is 2. The van der Waals surface area contributed by atoms with Crippen LogP contribution in [0.2, 0.25) is 10.0 Å². The Morgan fingerprint density at radius 2 is 1.75 bits per heavy atom. The van der Waals surface area contributed by atoms with Gasteiger partial charge < -0.3 is 9.84 Å². The fourth-order valence-corrected chi connectivity index (χ4v) is 4.16. The van der Waals surface area contributed by atoms with E-state index in [1.54, 1.807) is 36.4 Å². The Balaban J connectivity index is 2.08. The fraction of sp³-hybridized carbons (Fsp3) is 0.227. The first-order valence-electron chi connectivity index (χ1n) is 9.60. The molecule has 0 radical (unpaired) electrons. The maximum Gasteiger partial charge on any atom is 0.333 e. The van der Waals surface area contributed by atoms with Crippen molar-refractivity contribution in [1.29, 1.82) is 0 Å². The van der Waals surface area contributed by atoms with Crippen molar-refractivity contribution in [3.8, 4) is 11.6 Å². The summed E-state index contributed by atoms with van der Waals surface area (Å²) in [5, 5.41) is 11.7. The highest BCUT2D eigenvalue weighted by Crippen LogP contribution is 2.29. The number of thioether (sulfide) groups is 1. The van der Waals surface area contributed by atoms with E-state index < -0.39 is 17.1 Å². The smallest absolute Gasteiger partial charge is 0.333 e. The van der Waals surface area contributed by atoms with Gasteiger partial charge in [-0.25, -0.2) is 9.79 Å². The fourth-order valence-electron chi connectivity index (χ4n) is 2.86. The molecule has 7 nitrogen and oxygen atoms in total. The normalized spacial score (nSPS) is 11.6. The molecule has 0 aliphatic rings. The SMILES string of the molecule is CCOc1ccc(N=C(SCc2ccc(Cl)c(Cl)c2)c2c(O)n(C)c(=O)n(C)c2=O)cc1. The molecule has 3 rings (SSSR count). The summed E-state index contributed by atoms with van der Waals surface area (Å²) < 4.78 is 7.39. The molecule has 2 aromatic carbocycles. The van der Waals surface area contributed by atoms with Crippen LogP contribution in [0.4, 0.5) is 5.69 Å². The van der Waals surface area contributed by atoms with Crippen molar-refractivity contribution >= 4 is 45.7 Å². The number of aliphatic imine (C=N–C) groups is 1. The third-order valence-corrected chi connectivity index (χ3v) is 6.37. The van der Waals surface area contributed by atoms with E-state index in [9.17, 15) is 14.7 Å². The number of hydrogen-bond donors (Lipinski definition) is 1. The summed E-state index contributed by atoms with van der Waals surface area (Å²) in [6.45, 7) is 2.43. The molecular weight excluding hydrogens is 473 g/mol. The summed E-state index contributed by atoms with van der Waals surface area (Å²) >= 11 is 13.3. The number of benzene rings is 2. The van der Waals surface area contributed by atoms with E-state index in [4.69, 9.17) is 27.9 Å². The van der Waals surface area contributed by atoms with Crippen molar-refractivity contribution in [2.75, 3.05) is 6.61 Å². The Kier molecular flexibility index (Phi) is 7.71. The summed E-state index contributed by atoms with van der Waals surface area (Å²) in [5.41, 5.74) is 0.0712. The van der Waals surface area contributed by atoms with E-state index in [-0.39, 0.29) is 10.6 Å². The lowest BCUT2D eigenvalue weighted by Gasteiger charge is -2.13. The molecule has 0 atom stereocenters. The first-order chi connectivity index (χ1) is 15.2. The van der Waals surface area contributed by atoms with Crippen LogP contribution in [0.1, 0.15) is 18.1 Å². The van der Waals surface area contributed by atoms with Crippen LogP contribution in [-0.2, 0) is 19.8 Å². The highest BCUT2D eigenvalue weighted by molar-refractivity contribution is 8.13. The van der Waals surface area contributed by atoms with Gasteiger partial charge in [-0.2, -0.15) is 0 Å². The number of nitrogens with zero attached hydrogens (tertiary/aromatic N) is 3. The van der Waals surface area contributed by atoms with Crippen molar-refractivity contribution < 1.29 is 9.84 Å². The summed E-state index contributed by atoms with van der Waals surface area (Å²) in [6, 6.07) is 12.2. The molecule has 0 unspecified atom stereocenters. The van der Waals surface area contributed by atoms with E-state index in [2.05, 4.69) is 4.99 Å². The lowest BCUT2D eigenvalue weighted by atomic mass is 10.2. The van der Waals surface area contributed by atoms with Crippen LogP contribution in [-0.4, -0.2) is 25.9 Å². The van der Waals surface area contributed by atoms with E-state index in [0.717, 1.165) is 14.7 Å². The zero-order valence-corrected chi connectivity index (χ0v) is 20.0. The largest absolute Gasteiger partial charge is 0.494 e. The van der Waals surface area contributed by atoms with Gasteiger partial charge in [0.15, 0.2) is 0 Å². The Morgan fingerprint density at radius 3 is 2.38 bits per heavy atom. The third-order valence-electron chi connectivity index (χ3n) is 4.59. The zero-order chi connectivity index (χ0) is 23.4. The van der Waals surface area contributed by atoms with Gasteiger partial charge in [0, 0.05) is 19.8 Å². The molecular formula is C22H21Cl2N3O4S. The lowest BCUT2D eigenvalue weighted by molar-refractivity contribution is 0.340. The molecule has 3 aromatic rings. The van der Waals surface area contributed by atoms with E-state index >= 15 is 0 Å². The zero-order valence-electron chi connectivity index (χ0n) is 17.6. The van der Waals surface area contributed by atoms with E-state index in [0.29, 0.717) is 33.8 Å². The minimum absolute atomic E-state index is 0.0615. The van der Waals surface area contributed by atoms with Gasteiger partial charge in [0.1, 0.15) is 16.4 Å². The Hall–Kier alpha value is -2.68. The van der Waals surface area contributed by atoms with Gasteiger partial charge in [0.25, 0.3) is 5.56 Å². The third kappa shape index (κ3) is 5.20. The van der Waals surface area contributed by atoms with Crippen LogP contribution < -0.4 is 16.0 Å². The number of ether oxygens (including phenoxy) is 1. The van der Waals surface area contributed by atoms with Crippen LogP contribution in [0.15, 0.2) is 57.0 Å². The molecule has 168 valence electrons. The monoisotopic (exact) mass is 493 g/mol. The molecule has 0 aliphatic heterocycles. The molecule has 0 spiro atoms. The molecule has 1 aromatic heterocycles. The molecule has 10 heteroatoms. The van der Waals surface area contributed by atoms with Gasteiger partial charge in [0.2, 0.25) is 5.88 Å². The van der Waals surface area contributed by atoms with Crippen LogP contribution in [0, 0.1) is 0 Å². The average Bonchev–Trinajstić information content (AvgIpc) is 2.78. The van der Waals surface area contributed by atoms with Crippen LogP contribution in [0.25, 0.3) is 0 Å². The summed E-state index contributed by atoms with van der Waals surface area (Å²) in [6.07, 6.45) is 0. The summed E-state index contributed by atoms with van der Waals surface area (Å²) in [4.78, 5) is 29.6. The number of aromatic nitrogens is 2. The highest BCUT2D eigenvalue weighted by Gasteiger charge is 2.21. The quantitative estimate of drug-likeness (QED) is 0.403. The second-order valence-corrected chi connectivity index (χ2v) is 8.56. The standard InChI is InChI=1S/C22H21Cl2N3O4S/c1-4-31-15-8-6-14(7-9-15)25-19(32-12-13-5-10-16(23)17(24)11-13)18-20(28)26(2)22(30)27(3)21(18)29/h5-11,28H,4,12H2,1-3H3. The molecule has 0 aliphatic carbocycles. The molecule has 0 saturated heterocycles. The van der Waals surface area contributed by atoms with E-state index in [1.165, 1.54) is 25.9 Å². The number of hydrogen-bond acceptors (Lipinski definition) is 6.